The van der Waals surface area contributed by atoms with Crippen molar-refractivity contribution in [2.45, 2.75) is 19.4 Å². The molecule has 8 nitrogen and oxygen atoms in total. The topological polar surface area (TPSA) is 96.0 Å². The maximum Gasteiger partial charge on any atom is 0.311 e. The van der Waals surface area contributed by atoms with E-state index < -0.39 is 0 Å². The lowest BCUT2D eigenvalue weighted by molar-refractivity contribution is -0.155. The molecular weight excluding hydrogens is 428 g/mol. The fraction of sp³-hybridized carbons (Fsp3) is 0.308. The number of nitrogens with one attached hydrogen (secondary N) is 2. The summed E-state index contributed by atoms with van der Waals surface area (Å²) in [7, 11) is 0. The summed E-state index contributed by atoms with van der Waals surface area (Å²) in [5, 5.41) is 4.17. The van der Waals surface area contributed by atoms with Gasteiger partial charge in [0, 0.05) is 42.8 Å². The highest BCUT2D eigenvalue weighted by molar-refractivity contribution is 5.88. The third-order valence-electron chi connectivity index (χ3n) is 6.64. The zero-order valence-corrected chi connectivity index (χ0v) is 19.0. The number of carbonyl (C=O) groups excluding carboxylic acids is 1. The van der Waals surface area contributed by atoms with Crippen LogP contribution in [0.1, 0.15) is 12.1 Å². The second kappa shape index (κ2) is 8.53. The lowest BCUT2D eigenvalue weighted by atomic mass is 10.0. The van der Waals surface area contributed by atoms with Crippen LogP contribution in [0.25, 0.3) is 33.5 Å². The summed E-state index contributed by atoms with van der Waals surface area (Å²) in [5.74, 6) is -0.170. The number of esters is 1. The third kappa shape index (κ3) is 3.90. The molecule has 2 fully saturated rings. The molecule has 2 saturated heterocycles. The predicted molar refractivity (Wildman–Crippen MR) is 130 cm³/mol. The predicted octanol–water partition coefficient (Wildman–Crippen LogP) is 3.34. The molecule has 0 saturated carbocycles. The van der Waals surface area contributed by atoms with E-state index in [1.807, 2.05) is 43.5 Å². The molecular formula is C26H26N6O2. The molecule has 0 spiro atoms. The summed E-state index contributed by atoms with van der Waals surface area (Å²) in [6.45, 7) is 4.98. The SMILES string of the molecule is Cc1cccc(-c2[nH]cnc2-c2ccc3ncc(N4CC[C@H](C(=O)OC5CNC5)C4)cc3c2)n1. The largest absolute Gasteiger partial charge is 0.459 e. The molecule has 34 heavy (non-hydrogen) atoms. The van der Waals surface area contributed by atoms with Gasteiger partial charge in [-0.05, 0) is 43.7 Å². The molecule has 0 radical (unpaired) electrons. The van der Waals surface area contributed by atoms with E-state index in [0.717, 1.165) is 71.0 Å². The van der Waals surface area contributed by atoms with E-state index >= 15 is 0 Å². The van der Waals surface area contributed by atoms with Crippen molar-refractivity contribution in [1.29, 1.82) is 0 Å². The summed E-state index contributed by atoms with van der Waals surface area (Å²) in [6.07, 6.45) is 4.43. The van der Waals surface area contributed by atoms with E-state index in [1.54, 1.807) is 6.33 Å². The highest BCUT2D eigenvalue weighted by Crippen LogP contribution is 2.32. The van der Waals surface area contributed by atoms with Crippen molar-refractivity contribution in [3.63, 3.8) is 0 Å². The number of imidazole rings is 1. The zero-order chi connectivity index (χ0) is 23.1. The molecule has 3 aromatic heterocycles. The Kier molecular flexibility index (Phi) is 5.22. The number of rotatable bonds is 5. The molecule has 2 aliphatic heterocycles. The van der Waals surface area contributed by atoms with Crippen LogP contribution in [0.15, 0.2) is 55.0 Å². The minimum Gasteiger partial charge on any atom is -0.459 e. The Morgan fingerprint density at radius 3 is 2.88 bits per heavy atom. The van der Waals surface area contributed by atoms with Crippen LogP contribution in [0, 0.1) is 12.8 Å². The first-order valence-electron chi connectivity index (χ1n) is 11.7. The number of anilines is 1. The van der Waals surface area contributed by atoms with Gasteiger partial charge in [-0.1, -0.05) is 12.1 Å². The van der Waals surface area contributed by atoms with Crippen LogP contribution in [-0.2, 0) is 9.53 Å². The summed E-state index contributed by atoms with van der Waals surface area (Å²) < 4.78 is 5.58. The first kappa shape index (κ1) is 20.8. The highest BCUT2D eigenvalue weighted by Gasteiger charge is 2.32. The van der Waals surface area contributed by atoms with Gasteiger partial charge < -0.3 is 19.9 Å². The second-order valence-electron chi connectivity index (χ2n) is 9.04. The monoisotopic (exact) mass is 454 g/mol. The maximum atomic E-state index is 12.5. The lowest BCUT2D eigenvalue weighted by Gasteiger charge is -2.28. The van der Waals surface area contributed by atoms with Crippen molar-refractivity contribution < 1.29 is 9.53 Å². The molecule has 6 rings (SSSR count). The molecule has 1 atom stereocenters. The molecule has 172 valence electrons. The summed E-state index contributed by atoms with van der Waals surface area (Å²) in [4.78, 5) is 31.8. The van der Waals surface area contributed by atoms with Gasteiger partial charge in [0.2, 0.25) is 0 Å². The quantitative estimate of drug-likeness (QED) is 0.447. The molecule has 0 aliphatic carbocycles. The van der Waals surface area contributed by atoms with Gasteiger partial charge >= 0.3 is 5.97 Å². The van der Waals surface area contributed by atoms with Crippen LogP contribution in [0.2, 0.25) is 0 Å². The van der Waals surface area contributed by atoms with Crippen molar-refractivity contribution in [2.24, 2.45) is 5.92 Å². The number of hydrogen-bond acceptors (Lipinski definition) is 7. The number of fused-ring (bicyclic) bond motifs is 1. The number of pyridine rings is 2. The Labute approximate surface area is 197 Å². The van der Waals surface area contributed by atoms with Crippen LogP contribution in [0.3, 0.4) is 0 Å². The summed E-state index contributed by atoms with van der Waals surface area (Å²) in [5.41, 5.74) is 6.53. The van der Waals surface area contributed by atoms with Crippen molar-refractivity contribution in [2.75, 3.05) is 31.1 Å². The van der Waals surface area contributed by atoms with E-state index in [9.17, 15) is 4.79 Å². The molecule has 5 heterocycles. The van der Waals surface area contributed by atoms with Crippen LogP contribution in [0.4, 0.5) is 5.69 Å². The fourth-order valence-electron chi connectivity index (χ4n) is 4.62. The van der Waals surface area contributed by atoms with Crippen molar-refractivity contribution >= 4 is 22.6 Å². The zero-order valence-electron chi connectivity index (χ0n) is 19.0. The number of hydrogen-bond donors (Lipinski definition) is 2. The number of carbonyl (C=O) groups is 1. The Hall–Kier alpha value is -3.78. The number of aryl methyl sites for hydroxylation is 1. The first-order chi connectivity index (χ1) is 16.6. The Morgan fingerprint density at radius 1 is 1.15 bits per heavy atom. The van der Waals surface area contributed by atoms with Crippen LogP contribution < -0.4 is 10.2 Å². The van der Waals surface area contributed by atoms with Crippen molar-refractivity contribution in [3.05, 3.63) is 60.7 Å². The van der Waals surface area contributed by atoms with E-state index in [0.29, 0.717) is 6.54 Å². The van der Waals surface area contributed by atoms with Gasteiger partial charge in [0.25, 0.3) is 0 Å². The van der Waals surface area contributed by atoms with E-state index in [1.165, 1.54) is 0 Å². The second-order valence-corrected chi connectivity index (χ2v) is 9.04. The molecule has 4 aromatic rings. The minimum absolute atomic E-state index is 0.0317. The van der Waals surface area contributed by atoms with Gasteiger partial charge in [-0.3, -0.25) is 14.8 Å². The standard InChI is InChI=1S/C26H26N6O2/c1-16-3-2-4-23(31-16)25-24(29-15-30-25)17-5-6-22-19(9-17)10-20(11-28-22)32-8-7-18(14-32)26(33)34-21-12-27-13-21/h2-6,9-11,15,18,21,27H,7-8,12-14H2,1H3,(H,29,30)/t18-/m0/s1. The minimum atomic E-state index is -0.0870. The number of aromatic amines is 1. The van der Waals surface area contributed by atoms with E-state index in [-0.39, 0.29) is 18.0 Å². The highest BCUT2D eigenvalue weighted by atomic mass is 16.5. The van der Waals surface area contributed by atoms with Crippen molar-refractivity contribution in [3.8, 4) is 22.6 Å². The number of aromatic nitrogens is 4. The van der Waals surface area contributed by atoms with Gasteiger partial charge in [0.15, 0.2) is 0 Å². The Morgan fingerprint density at radius 2 is 2.06 bits per heavy atom. The van der Waals surface area contributed by atoms with E-state index in [4.69, 9.17) is 4.74 Å². The van der Waals surface area contributed by atoms with Crippen molar-refractivity contribution in [1.82, 2.24) is 25.3 Å². The molecule has 0 unspecified atom stereocenters. The van der Waals surface area contributed by atoms with Crippen LogP contribution in [-0.4, -0.2) is 58.2 Å². The van der Waals surface area contributed by atoms with Gasteiger partial charge in [0.05, 0.1) is 46.7 Å². The van der Waals surface area contributed by atoms with Gasteiger partial charge in [-0.15, -0.1) is 0 Å². The third-order valence-corrected chi connectivity index (χ3v) is 6.64. The molecule has 0 amide bonds. The lowest BCUT2D eigenvalue weighted by Crippen LogP contribution is -2.50. The average molecular weight is 455 g/mol. The molecule has 2 N–H and O–H groups in total. The normalized spacial score (nSPS) is 18.3. The molecule has 1 aromatic carbocycles. The summed E-state index contributed by atoms with van der Waals surface area (Å²) >= 11 is 0. The van der Waals surface area contributed by atoms with Crippen LogP contribution in [0.5, 0.6) is 0 Å². The summed E-state index contributed by atoms with van der Waals surface area (Å²) in [6, 6.07) is 14.3. The Bertz CT molecular complexity index is 1360. The van der Waals surface area contributed by atoms with E-state index in [2.05, 4.69) is 42.3 Å². The molecule has 0 bridgehead atoms. The average Bonchev–Trinajstić information content (AvgIpc) is 3.51. The first-order valence-corrected chi connectivity index (χ1v) is 11.7. The maximum absolute atomic E-state index is 12.5. The van der Waals surface area contributed by atoms with Crippen LogP contribution >= 0.6 is 0 Å². The number of nitrogens with zero attached hydrogens (tertiary/aromatic N) is 4. The van der Waals surface area contributed by atoms with Gasteiger partial charge in [-0.2, -0.15) is 0 Å². The van der Waals surface area contributed by atoms with Gasteiger partial charge in [-0.25, -0.2) is 4.98 Å². The number of ether oxygens (including phenoxy) is 1. The van der Waals surface area contributed by atoms with Gasteiger partial charge in [0.1, 0.15) is 6.10 Å². The molecule has 8 heteroatoms. The Balaban J connectivity index is 1.26. The smallest absolute Gasteiger partial charge is 0.311 e. The number of H-pyrrole nitrogens is 1. The fourth-order valence-corrected chi connectivity index (χ4v) is 4.62. The number of benzene rings is 1. The molecule has 2 aliphatic rings.